The Morgan fingerprint density at radius 2 is 1.86 bits per heavy atom. The molecular weight excluding hydrogens is 268 g/mol. The molecule has 1 heterocycles. The zero-order chi connectivity index (χ0) is 15.2. The van der Waals surface area contributed by atoms with Crippen LogP contribution in [0.5, 0.6) is 0 Å². The molecule has 0 saturated heterocycles. The van der Waals surface area contributed by atoms with Crippen LogP contribution in [0.2, 0.25) is 0 Å². The third-order valence-electron chi connectivity index (χ3n) is 3.16. The second-order valence-electron chi connectivity index (χ2n) is 4.55. The summed E-state index contributed by atoms with van der Waals surface area (Å²) in [5, 5.41) is 0. The van der Waals surface area contributed by atoms with Crippen molar-refractivity contribution in [2.45, 2.75) is 6.92 Å². The molecule has 0 saturated carbocycles. The number of anilines is 1. The van der Waals surface area contributed by atoms with Crippen molar-refractivity contribution < 1.29 is 14.3 Å². The van der Waals surface area contributed by atoms with Crippen LogP contribution in [0, 0.1) is 0 Å². The van der Waals surface area contributed by atoms with Gasteiger partial charge < -0.3 is 14.2 Å². The molecule has 0 aliphatic rings. The zero-order valence-corrected chi connectivity index (χ0v) is 12.2. The second-order valence-corrected chi connectivity index (χ2v) is 4.55. The van der Waals surface area contributed by atoms with Gasteiger partial charge in [0.2, 0.25) is 0 Å². The van der Waals surface area contributed by atoms with Crippen LogP contribution in [0.1, 0.15) is 17.4 Å². The molecule has 2 aromatic rings. The Bertz CT molecular complexity index is 619. The quantitative estimate of drug-likeness (QED) is 0.792. The number of carbonyl (C=O) groups excluding carboxylic acids is 2. The summed E-state index contributed by atoms with van der Waals surface area (Å²) in [5.74, 6) is -0.744. The molecule has 0 bridgehead atoms. The first-order valence-corrected chi connectivity index (χ1v) is 6.77. The van der Waals surface area contributed by atoms with Gasteiger partial charge in [-0.25, -0.2) is 4.79 Å². The summed E-state index contributed by atoms with van der Waals surface area (Å²) in [5.41, 5.74) is 1.21. The van der Waals surface area contributed by atoms with E-state index < -0.39 is 5.97 Å². The summed E-state index contributed by atoms with van der Waals surface area (Å²) in [6.45, 7) is 2.13. The van der Waals surface area contributed by atoms with Crippen molar-refractivity contribution in [2.24, 2.45) is 7.05 Å². The normalized spacial score (nSPS) is 10.2. The van der Waals surface area contributed by atoms with Gasteiger partial charge in [-0.15, -0.1) is 0 Å². The fourth-order valence-electron chi connectivity index (χ4n) is 2.06. The number of aryl methyl sites for hydroxylation is 1. The van der Waals surface area contributed by atoms with Crippen LogP contribution >= 0.6 is 0 Å². The van der Waals surface area contributed by atoms with Crippen molar-refractivity contribution in [3.8, 4) is 0 Å². The molecule has 1 aromatic heterocycles. The van der Waals surface area contributed by atoms with Gasteiger partial charge in [-0.3, -0.25) is 4.79 Å². The highest BCUT2D eigenvalue weighted by Crippen LogP contribution is 2.13. The molecular formula is C16H18N2O3. The molecule has 0 N–H and O–H groups in total. The average molecular weight is 286 g/mol. The van der Waals surface area contributed by atoms with Crippen LogP contribution in [0.4, 0.5) is 5.69 Å². The smallest absolute Gasteiger partial charge is 0.355 e. The van der Waals surface area contributed by atoms with Crippen LogP contribution in [0.3, 0.4) is 0 Å². The highest BCUT2D eigenvalue weighted by Gasteiger charge is 2.17. The number of nitrogens with zero attached hydrogens (tertiary/aromatic N) is 2. The van der Waals surface area contributed by atoms with E-state index in [-0.39, 0.29) is 12.5 Å². The maximum absolute atomic E-state index is 12.2. The number of carbonyl (C=O) groups is 2. The fourth-order valence-corrected chi connectivity index (χ4v) is 2.06. The second kappa shape index (κ2) is 6.74. The SMILES string of the molecule is CCN(C(=O)COC(=O)c1cccn1C)c1ccccc1. The Morgan fingerprint density at radius 1 is 1.14 bits per heavy atom. The van der Waals surface area contributed by atoms with Crippen LogP contribution in [0.15, 0.2) is 48.7 Å². The molecule has 0 aliphatic heterocycles. The number of para-hydroxylation sites is 1. The number of rotatable bonds is 5. The lowest BCUT2D eigenvalue weighted by atomic mass is 10.3. The summed E-state index contributed by atoms with van der Waals surface area (Å²) in [6.07, 6.45) is 1.75. The first kappa shape index (κ1) is 14.8. The summed E-state index contributed by atoms with van der Waals surface area (Å²) in [4.78, 5) is 25.6. The van der Waals surface area contributed by atoms with Gasteiger partial charge in [-0.1, -0.05) is 18.2 Å². The highest BCUT2D eigenvalue weighted by molar-refractivity contribution is 5.96. The molecule has 2 rings (SSSR count). The van der Waals surface area contributed by atoms with E-state index in [1.807, 2.05) is 37.3 Å². The van der Waals surface area contributed by atoms with Crippen molar-refractivity contribution in [1.82, 2.24) is 4.57 Å². The number of ether oxygens (including phenoxy) is 1. The average Bonchev–Trinajstić information content (AvgIpc) is 2.93. The van der Waals surface area contributed by atoms with Crippen LogP contribution in [0.25, 0.3) is 0 Å². The molecule has 5 heteroatoms. The highest BCUT2D eigenvalue weighted by atomic mass is 16.5. The monoisotopic (exact) mass is 286 g/mol. The minimum absolute atomic E-state index is 0.244. The third-order valence-corrected chi connectivity index (χ3v) is 3.16. The lowest BCUT2D eigenvalue weighted by molar-refractivity contribution is -0.121. The number of hydrogen-bond acceptors (Lipinski definition) is 3. The number of likely N-dealkylation sites (N-methyl/N-ethyl adjacent to an activating group) is 1. The van der Waals surface area contributed by atoms with Crippen molar-refractivity contribution in [1.29, 1.82) is 0 Å². The van der Waals surface area contributed by atoms with Crippen LogP contribution in [-0.4, -0.2) is 29.6 Å². The van der Waals surface area contributed by atoms with Crippen LogP contribution in [-0.2, 0) is 16.6 Å². The molecule has 5 nitrogen and oxygen atoms in total. The van der Waals surface area contributed by atoms with Gasteiger partial charge >= 0.3 is 5.97 Å². The van der Waals surface area contributed by atoms with Gasteiger partial charge in [0, 0.05) is 25.5 Å². The predicted molar refractivity (Wildman–Crippen MR) is 80.2 cm³/mol. The molecule has 21 heavy (non-hydrogen) atoms. The Kier molecular flexibility index (Phi) is 4.77. The van der Waals surface area contributed by atoms with E-state index in [1.54, 1.807) is 34.8 Å². The maximum atomic E-state index is 12.2. The van der Waals surface area contributed by atoms with Crippen molar-refractivity contribution in [3.63, 3.8) is 0 Å². The summed E-state index contributed by atoms with van der Waals surface area (Å²) >= 11 is 0. The van der Waals surface area contributed by atoms with Gasteiger partial charge in [-0.05, 0) is 31.2 Å². The minimum atomic E-state index is -0.500. The number of amides is 1. The molecule has 0 aliphatic carbocycles. The number of hydrogen-bond donors (Lipinski definition) is 0. The summed E-state index contributed by atoms with van der Waals surface area (Å²) < 4.78 is 6.74. The fraction of sp³-hybridized carbons (Fsp3) is 0.250. The van der Waals surface area contributed by atoms with Crippen LogP contribution < -0.4 is 4.90 Å². The molecule has 0 radical (unpaired) electrons. The maximum Gasteiger partial charge on any atom is 0.355 e. The summed E-state index contributed by atoms with van der Waals surface area (Å²) in [6, 6.07) is 12.7. The third kappa shape index (κ3) is 3.51. The molecule has 1 amide bonds. The Balaban J connectivity index is 1.98. The van der Waals surface area contributed by atoms with Crippen molar-refractivity contribution >= 4 is 17.6 Å². The Hall–Kier alpha value is -2.56. The number of esters is 1. The van der Waals surface area contributed by atoms with E-state index in [9.17, 15) is 9.59 Å². The van der Waals surface area contributed by atoms with Crippen molar-refractivity contribution in [2.75, 3.05) is 18.1 Å². The zero-order valence-electron chi connectivity index (χ0n) is 12.2. The molecule has 0 spiro atoms. The van der Waals surface area contributed by atoms with Crippen molar-refractivity contribution in [3.05, 3.63) is 54.4 Å². The lowest BCUT2D eigenvalue weighted by Crippen LogP contribution is -2.34. The van der Waals surface area contributed by atoms with Gasteiger partial charge in [0.15, 0.2) is 6.61 Å². The van der Waals surface area contributed by atoms with Gasteiger partial charge in [0.25, 0.3) is 5.91 Å². The van der Waals surface area contributed by atoms with E-state index in [0.29, 0.717) is 12.2 Å². The Labute approximate surface area is 123 Å². The van der Waals surface area contributed by atoms with E-state index in [1.165, 1.54) is 0 Å². The first-order chi connectivity index (χ1) is 10.1. The van der Waals surface area contributed by atoms with E-state index in [2.05, 4.69) is 0 Å². The topological polar surface area (TPSA) is 51.5 Å². The van der Waals surface area contributed by atoms with E-state index >= 15 is 0 Å². The number of aromatic nitrogens is 1. The lowest BCUT2D eigenvalue weighted by Gasteiger charge is -2.20. The Morgan fingerprint density at radius 3 is 2.43 bits per heavy atom. The first-order valence-electron chi connectivity index (χ1n) is 6.77. The minimum Gasteiger partial charge on any atom is -0.451 e. The molecule has 0 atom stereocenters. The van der Waals surface area contributed by atoms with Gasteiger partial charge in [0.05, 0.1) is 0 Å². The predicted octanol–water partition coefficient (Wildman–Crippen LogP) is 2.23. The molecule has 0 fully saturated rings. The van der Waals surface area contributed by atoms with E-state index in [0.717, 1.165) is 5.69 Å². The summed E-state index contributed by atoms with van der Waals surface area (Å²) in [7, 11) is 1.75. The van der Waals surface area contributed by atoms with Gasteiger partial charge in [0.1, 0.15) is 5.69 Å². The molecule has 110 valence electrons. The molecule has 0 unspecified atom stereocenters. The van der Waals surface area contributed by atoms with E-state index in [4.69, 9.17) is 4.74 Å². The van der Waals surface area contributed by atoms with Gasteiger partial charge in [-0.2, -0.15) is 0 Å². The largest absolute Gasteiger partial charge is 0.451 e. The standard InChI is InChI=1S/C16H18N2O3/c1-3-18(13-8-5-4-6-9-13)15(19)12-21-16(20)14-10-7-11-17(14)2/h4-11H,3,12H2,1-2H3. The number of benzene rings is 1. The molecule has 1 aromatic carbocycles.